The first-order valence-corrected chi connectivity index (χ1v) is 9.31. The van der Waals surface area contributed by atoms with Crippen LogP contribution >= 0.6 is 0 Å². The Balaban J connectivity index is 1.80. The Kier molecular flexibility index (Phi) is 7.80. The second-order valence-electron chi connectivity index (χ2n) is 7.36. The predicted octanol–water partition coefficient (Wildman–Crippen LogP) is 1.60. The van der Waals surface area contributed by atoms with Gasteiger partial charge in [-0.1, -0.05) is 13.8 Å². The molecule has 1 aliphatic heterocycles. The lowest BCUT2D eigenvalue weighted by Gasteiger charge is -2.35. The summed E-state index contributed by atoms with van der Waals surface area (Å²) < 4.78 is 5.36. The van der Waals surface area contributed by atoms with Crippen LogP contribution in [0.4, 0.5) is 0 Å². The summed E-state index contributed by atoms with van der Waals surface area (Å²) in [5, 5.41) is 9.31. The van der Waals surface area contributed by atoms with E-state index in [4.69, 9.17) is 4.74 Å². The van der Waals surface area contributed by atoms with E-state index in [1.807, 2.05) is 4.90 Å². The second kappa shape index (κ2) is 9.60. The molecule has 0 atom stereocenters. The number of morpholine rings is 1. The molecule has 2 fully saturated rings. The summed E-state index contributed by atoms with van der Waals surface area (Å²) in [6, 6.07) is 0. The highest BCUT2D eigenvalue weighted by atomic mass is 16.5. The van der Waals surface area contributed by atoms with Crippen molar-refractivity contribution in [2.75, 3.05) is 52.5 Å². The minimum atomic E-state index is 0.0518. The smallest absolute Gasteiger partial charge is 0.225 e. The van der Waals surface area contributed by atoms with Gasteiger partial charge in [-0.05, 0) is 37.5 Å². The zero-order valence-corrected chi connectivity index (χ0v) is 14.9. The molecule has 134 valence electrons. The van der Waals surface area contributed by atoms with Gasteiger partial charge in [0.05, 0.1) is 19.8 Å². The van der Waals surface area contributed by atoms with Crippen LogP contribution in [-0.4, -0.2) is 73.4 Å². The van der Waals surface area contributed by atoms with Crippen molar-refractivity contribution in [3.05, 3.63) is 0 Å². The molecule has 5 heteroatoms. The van der Waals surface area contributed by atoms with Gasteiger partial charge in [-0.2, -0.15) is 0 Å². The minimum Gasteiger partial charge on any atom is -0.395 e. The Labute approximate surface area is 141 Å². The third-order valence-electron chi connectivity index (χ3n) is 5.54. The van der Waals surface area contributed by atoms with Gasteiger partial charge >= 0.3 is 0 Å². The van der Waals surface area contributed by atoms with Crippen LogP contribution < -0.4 is 0 Å². The highest BCUT2D eigenvalue weighted by Gasteiger charge is 2.30. The third kappa shape index (κ3) is 5.73. The average Bonchev–Trinajstić information content (AvgIpc) is 2.59. The molecule has 23 heavy (non-hydrogen) atoms. The molecule has 5 nitrogen and oxygen atoms in total. The highest BCUT2D eigenvalue weighted by molar-refractivity contribution is 5.79. The van der Waals surface area contributed by atoms with E-state index in [0.717, 1.165) is 64.1 Å². The monoisotopic (exact) mass is 326 g/mol. The molecule has 0 aromatic heterocycles. The van der Waals surface area contributed by atoms with Crippen LogP contribution in [-0.2, 0) is 9.53 Å². The van der Waals surface area contributed by atoms with E-state index in [1.165, 1.54) is 12.8 Å². The fourth-order valence-corrected chi connectivity index (χ4v) is 3.83. The maximum atomic E-state index is 12.8. The largest absolute Gasteiger partial charge is 0.395 e. The molecule has 0 aromatic rings. The Morgan fingerprint density at radius 2 is 1.83 bits per heavy atom. The number of amides is 1. The number of carbonyl (C=O) groups excluding carboxylic acids is 1. The van der Waals surface area contributed by atoms with Gasteiger partial charge < -0.3 is 14.7 Å². The third-order valence-corrected chi connectivity index (χ3v) is 5.54. The topological polar surface area (TPSA) is 53.0 Å². The van der Waals surface area contributed by atoms with E-state index in [1.54, 1.807) is 0 Å². The van der Waals surface area contributed by atoms with Gasteiger partial charge in [-0.25, -0.2) is 0 Å². The molecule has 1 heterocycles. The number of nitrogens with zero attached hydrogens (tertiary/aromatic N) is 2. The number of ether oxygens (including phenoxy) is 1. The molecule has 0 spiro atoms. The van der Waals surface area contributed by atoms with Gasteiger partial charge in [0, 0.05) is 38.6 Å². The summed E-state index contributed by atoms with van der Waals surface area (Å²) in [6.45, 7) is 10.2. The molecule has 0 unspecified atom stereocenters. The zero-order chi connectivity index (χ0) is 16.7. The van der Waals surface area contributed by atoms with E-state index in [0.29, 0.717) is 6.54 Å². The summed E-state index contributed by atoms with van der Waals surface area (Å²) in [5.74, 6) is 1.93. The van der Waals surface area contributed by atoms with Crippen LogP contribution in [0.1, 0.15) is 39.5 Å². The van der Waals surface area contributed by atoms with Crippen molar-refractivity contribution in [2.45, 2.75) is 39.5 Å². The van der Waals surface area contributed by atoms with Crippen LogP contribution in [0.3, 0.4) is 0 Å². The zero-order valence-electron chi connectivity index (χ0n) is 14.9. The van der Waals surface area contributed by atoms with Crippen molar-refractivity contribution in [2.24, 2.45) is 17.8 Å². The van der Waals surface area contributed by atoms with Gasteiger partial charge in [0.15, 0.2) is 0 Å². The molecule has 2 aliphatic rings. The fourth-order valence-electron chi connectivity index (χ4n) is 3.83. The number of aliphatic hydroxyl groups is 1. The number of rotatable bonds is 7. The summed E-state index contributed by atoms with van der Waals surface area (Å²) in [4.78, 5) is 17.0. The van der Waals surface area contributed by atoms with Gasteiger partial charge in [0.1, 0.15) is 0 Å². The Morgan fingerprint density at radius 1 is 1.17 bits per heavy atom. The first-order chi connectivity index (χ1) is 11.1. The molecule has 0 bridgehead atoms. The van der Waals surface area contributed by atoms with Crippen LogP contribution in [0, 0.1) is 17.8 Å². The van der Waals surface area contributed by atoms with Gasteiger partial charge in [-0.15, -0.1) is 0 Å². The molecule has 1 aliphatic carbocycles. The summed E-state index contributed by atoms with van der Waals surface area (Å²) >= 11 is 0. The average molecular weight is 326 g/mol. The van der Waals surface area contributed by atoms with Gasteiger partial charge in [0.25, 0.3) is 0 Å². The van der Waals surface area contributed by atoms with Crippen LogP contribution in [0.2, 0.25) is 0 Å². The first-order valence-electron chi connectivity index (χ1n) is 9.31. The Bertz CT molecular complexity index is 348. The number of hydrogen-bond acceptors (Lipinski definition) is 4. The first kappa shape index (κ1) is 18.7. The van der Waals surface area contributed by atoms with Crippen LogP contribution in [0.25, 0.3) is 0 Å². The predicted molar refractivity (Wildman–Crippen MR) is 91.2 cm³/mol. The fraction of sp³-hybridized carbons (Fsp3) is 0.944. The summed E-state index contributed by atoms with van der Waals surface area (Å²) in [7, 11) is 0. The van der Waals surface area contributed by atoms with E-state index in [-0.39, 0.29) is 18.4 Å². The van der Waals surface area contributed by atoms with E-state index in [9.17, 15) is 9.90 Å². The van der Waals surface area contributed by atoms with Gasteiger partial charge in [-0.3, -0.25) is 9.69 Å². The Hall–Kier alpha value is -0.650. The molecule has 2 rings (SSSR count). The lowest BCUT2D eigenvalue weighted by atomic mass is 9.76. The van der Waals surface area contributed by atoms with E-state index < -0.39 is 0 Å². The van der Waals surface area contributed by atoms with Crippen molar-refractivity contribution in [3.8, 4) is 0 Å². The molecule has 1 saturated carbocycles. The van der Waals surface area contributed by atoms with Crippen molar-refractivity contribution in [1.82, 2.24) is 9.80 Å². The summed E-state index contributed by atoms with van der Waals surface area (Å²) in [6.07, 6.45) is 4.37. The molecule has 0 radical (unpaired) electrons. The highest BCUT2D eigenvalue weighted by Crippen LogP contribution is 2.34. The minimum absolute atomic E-state index is 0.0518. The lowest BCUT2D eigenvalue weighted by molar-refractivity contribution is -0.137. The maximum Gasteiger partial charge on any atom is 0.225 e. The Morgan fingerprint density at radius 3 is 2.39 bits per heavy atom. The molecule has 1 amide bonds. The molecule has 0 aromatic carbocycles. The standard InChI is InChI=1S/C18H34N2O3/c1-15(2)16-3-5-17(6-4-16)18(22)20(9-12-21)8-7-19-10-13-23-14-11-19/h15-17,21H,3-14H2,1-2H3. The molecular weight excluding hydrogens is 292 g/mol. The molecule has 1 saturated heterocycles. The second-order valence-corrected chi connectivity index (χ2v) is 7.36. The van der Waals surface area contributed by atoms with Gasteiger partial charge in [0.2, 0.25) is 5.91 Å². The van der Waals surface area contributed by atoms with Crippen LogP contribution in [0.5, 0.6) is 0 Å². The number of carbonyl (C=O) groups is 1. The quantitative estimate of drug-likeness (QED) is 0.772. The van der Waals surface area contributed by atoms with Crippen LogP contribution in [0.15, 0.2) is 0 Å². The normalized spacial score (nSPS) is 26.4. The van der Waals surface area contributed by atoms with E-state index in [2.05, 4.69) is 18.7 Å². The SMILES string of the molecule is CC(C)C1CCC(C(=O)N(CCO)CCN2CCOCC2)CC1. The van der Waals surface area contributed by atoms with Crippen molar-refractivity contribution < 1.29 is 14.6 Å². The van der Waals surface area contributed by atoms with Crippen molar-refractivity contribution >= 4 is 5.91 Å². The van der Waals surface area contributed by atoms with Crippen molar-refractivity contribution in [1.29, 1.82) is 0 Å². The lowest BCUT2D eigenvalue weighted by Crippen LogP contribution is -2.46. The van der Waals surface area contributed by atoms with Crippen molar-refractivity contribution in [3.63, 3.8) is 0 Å². The number of hydrogen-bond donors (Lipinski definition) is 1. The number of aliphatic hydroxyl groups excluding tert-OH is 1. The van der Waals surface area contributed by atoms with E-state index >= 15 is 0 Å². The molecular formula is C18H34N2O3. The summed E-state index contributed by atoms with van der Waals surface area (Å²) in [5.41, 5.74) is 0. The molecule has 1 N–H and O–H groups in total. The maximum absolute atomic E-state index is 12.8.